The molecule has 2 rings (SSSR count). The first kappa shape index (κ1) is 13.3. The Morgan fingerprint density at radius 2 is 2.00 bits per heavy atom. The summed E-state index contributed by atoms with van der Waals surface area (Å²) in [5.74, 6) is 0.827. The highest BCUT2D eigenvalue weighted by Gasteiger charge is 2.43. The van der Waals surface area contributed by atoms with Crippen molar-refractivity contribution in [2.75, 3.05) is 33.5 Å². The van der Waals surface area contributed by atoms with Gasteiger partial charge in [0.15, 0.2) is 0 Å². The molecule has 4 nitrogen and oxygen atoms in total. The van der Waals surface area contributed by atoms with Crippen LogP contribution >= 0.6 is 0 Å². The third kappa shape index (κ3) is 3.91. The highest BCUT2D eigenvalue weighted by Crippen LogP contribution is 2.33. The van der Waals surface area contributed by atoms with E-state index in [0.29, 0.717) is 19.3 Å². The Balaban J connectivity index is 1.67. The van der Waals surface area contributed by atoms with Crippen LogP contribution in [-0.2, 0) is 14.2 Å². The number of likely N-dealkylation sites (N-methyl/N-ethyl adjacent to an activating group) is 1. The molecule has 2 aliphatic carbocycles. The van der Waals surface area contributed by atoms with Gasteiger partial charge in [0.1, 0.15) is 0 Å². The van der Waals surface area contributed by atoms with Crippen molar-refractivity contribution < 1.29 is 14.2 Å². The van der Waals surface area contributed by atoms with Crippen molar-refractivity contribution in [3.63, 3.8) is 0 Å². The number of rotatable bonds is 9. The minimum Gasteiger partial charge on any atom is -0.382 e. The highest BCUT2D eigenvalue weighted by molar-refractivity contribution is 4.97. The van der Waals surface area contributed by atoms with Gasteiger partial charge in [-0.15, -0.1) is 0 Å². The molecule has 3 unspecified atom stereocenters. The van der Waals surface area contributed by atoms with E-state index in [-0.39, 0.29) is 12.2 Å². The number of methoxy groups -OCH3 is 1. The van der Waals surface area contributed by atoms with E-state index in [2.05, 4.69) is 12.2 Å². The van der Waals surface area contributed by atoms with E-state index in [0.717, 1.165) is 25.5 Å². The van der Waals surface area contributed by atoms with Crippen LogP contribution in [0.5, 0.6) is 0 Å². The molecule has 0 saturated heterocycles. The van der Waals surface area contributed by atoms with Crippen LogP contribution in [0.25, 0.3) is 0 Å². The summed E-state index contributed by atoms with van der Waals surface area (Å²) in [7, 11) is 1.70. The second kappa shape index (κ2) is 6.69. The van der Waals surface area contributed by atoms with Crippen molar-refractivity contribution in [2.24, 2.45) is 5.92 Å². The second-order valence-corrected chi connectivity index (χ2v) is 5.04. The molecule has 3 atom stereocenters. The van der Waals surface area contributed by atoms with Gasteiger partial charge >= 0.3 is 0 Å². The fourth-order valence-electron chi connectivity index (χ4n) is 2.24. The lowest BCUT2D eigenvalue weighted by Crippen LogP contribution is -2.60. The smallest absolute Gasteiger partial charge is 0.0991 e. The molecular formula is C13H25NO3. The van der Waals surface area contributed by atoms with E-state index in [9.17, 15) is 0 Å². The van der Waals surface area contributed by atoms with Crippen LogP contribution in [0.4, 0.5) is 0 Å². The maximum Gasteiger partial charge on any atom is 0.0991 e. The predicted octanol–water partition coefficient (Wildman–Crippen LogP) is 1.19. The minimum atomic E-state index is 0.212. The van der Waals surface area contributed by atoms with E-state index in [1.165, 1.54) is 12.8 Å². The standard InChI is InChI=1S/C13H25NO3/c1-3-14-11-8-12(17-9-10-4-5-10)13(11)16-7-6-15-2/h10-14H,3-9H2,1-2H3. The number of hydrogen-bond donors (Lipinski definition) is 1. The average molecular weight is 243 g/mol. The molecule has 0 radical (unpaired) electrons. The SMILES string of the molecule is CCNC1CC(OCC2CC2)C1OCCOC. The number of nitrogens with one attached hydrogen (secondary N) is 1. The van der Waals surface area contributed by atoms with Crippen molar-refractivity contribution in [3.8, 4) is 0 Å². The Hall–Kier alpha value is -0.160. The van der Waals surface area contributed by atoms with Crippen LogP contribution in [0.1, 0.15) is 26.2 Å². The van der Waals surface area contributed by atoms with Crippen molar-refractivity contribution in [1.29, 1.82) is 0 Å². The fourth-order valence-corrected chi connectivity index (χ4v) is 2.24. The quantitative estimate of drug-likeness (QED) is 0.618. The molecule has 2 saturated carbocycles. The summed E-state index contributed by atoms with van der Waals surface area (Å²) < 4.78 is 16.8. The molecule has 0 aromatic carbocycles. The summed E-state index contributed by atoms with van der Waals surface area (Å²) >= 11 is 0. The molecular weight excluding hydrogens is 218 g/mol. The lowest BCUT2D eigenvalue weighted by Gasteiger charge is -2.44. The van der Waals surface area contributed by atoms with Crippen LogP contribution < -0.4 is 5.32 Å². The zero-order valence-electron chi connectivity index (χ0n) is 11.0. The first-order valence-electron chi connectivity index (χ1n) is 6.80. The zero-order valence-corrected chi connectivity index (χ0v) is 11.0. The first-order chi connectivity index (χ1) is 8.35. The molecule has 0 amide bonds. The molecule has 2 aliphatic rings. The monoisotopic (exact) mass is 243 g/mol. The van der Waals surface area contributed by atoms with E-state index >= 15 is 0 Å². The van der Waals surface area contributed by atoms with Crippen LogP contribution in [0.15, 0.2) is 0 Å². The maximum absolute atomic E-state index is 5.92. The summed E-state index contributed by atoms with van der Waals surface area (Å²) in [6.45, 7) is 5.36. The Morgan fingerprint density at radius 1 is 1.18 bits per heavy atom. The van der Waals surface area contributed by atoms with Gasteiger partial charge < -0.3 is 19.5 Å². The summed E-state index contributed by atoms with van der Waals surface area (Å²) in [5, 5.41) is 3.45. The number of ether oxygens (including phenoxy) is 3. The fraction of sp³-hybridized carbons (Fsp3) is 1.00. The van der Waals surface area contributed by atoms with Gasteiger partial charge in [0, 0.05) is 19.8 Å². The molecule has 4 heteroatoms. The van der Waals surface area contributed by atoms with Gasteiger partial charge in [-0.1, -0.05) is 6.92 Å². The van der Waals surface area contributed by atoms with Crippen LogP contribution in [0, 0.1) is 5.92 Å². The molecule has 2 fully saturated rings. The molecule has 0 spiro atoms. The van der Waals surface area contributed by atoms with Crippen molar-refractivity contribution in [3.05, 3.63) is 0 Å². The van der Waals surface area contributed by atoms with Crippen LogP contribution in [0.3, 0.4) is 0 Å². The summed E-state index contributed by atoms with van der Waals surface area (Å²) in [6, 6.07) is 0.459. The third-order valence-electron chi connectivity index (χ3n) is 3.56. The molecule has 100 valence electrons. The molecule has 1 N–H and O–H groups in total. The third-order valence-corrected chi connectivity index (χ3v) is 3.56. The van der Waals surface area contributed by atoms with E-state index in [4.69, 9.17) is 14.2 Å². The van der Waals surface area contributed by atoms with Gasteiger partial charge in [-0.25, -0.2) is 0 Å². The first-order valence-corrected chi connectivity index (χ1v) is 6.80. The van der Waals surface area contributed by atoms with Gasteiger partial charge in [0.05, 0.1) is 25.4 Å². The van der Waals surface area contributed by atoms with Crippen LogP contribution in [-0.4, -0.2) is 51.7 Å². The van der Waals surface area contributed by atoms with Crippen molar-refractivity contribution in [1.82, 2.24) is 5.32 Å². The Morgan fingerprint density at radius 3 is 2.65 bits per heavy atom. The largest absolute Gasteiger partial charge is 0.382 e. The Labute approximate surface area is 104 Å². The Bertz CT molecular complexity index is 221. The normalized spacial score (nSPS) is 32.5. The van der Waals surface area contributed by atoms with E-state index in [1.807, 2.05) is 0 Å². The molecule has 17 heavy (non-hydrogen) atoms. The second-order valence-electron chi connectivity index (χ2n) is 5.04. The minimum absolute atomic E-state index is 0.212. The van der Waals surface area contributed by atoms with E-state index < -0.39 is 0 Å². The van der Waals surface area contributed by atoms with Crippen molar-refractivity contribution >= 4 is 0 Å². The van der Waals surface area contributed by atoms with Crippen LogP contribution in [0.2, 0.25) is 0 Å². The topological polar surface area (TPSA) is 39.7 Å². The van der Waals surface area contributed by atoms with E-state index in [1.54, 1.807) is 7.11 Å². The lowest BCUT2D eigenvalue weighted by molar-refractivity contribution is -0.153. The summed E-state index contributed by atoms with van der Waals surface area (Å²) in [6.07, 6.45) is 4.27. The van der Waals surface area contributed by atoms with Gasteiger partial charge in [-0.3, -0.25) is 0 Å². The average Bonchev–Trinajstić information content (AvgIpc) is 3.12. The zero-order chi connectivity index (χ0) is 12.1. The van der Waals surface area contributed by atoms with Gasteiger partial charge in [0.2, 0.25) is 0 Å². The maximum atomic E-state index is 5.92. The Kier molecular flexibility index (Phi) is 5.22. The molecule has 0 heterocycles. The van der Waals surface area contributed by atoms with Crippen molar-refractivity contribution in [2.45, 2.75) is 44.4 Å². The lowest BCUT2D eigenvalue weighted by atomic mass is 9.85. The predicted molar refractivity (Wildman–Crippen MR) is 66.2 cm³/mol. The van der Waals surface area contributed by atoms with Gasteiger partial charge in [-0.2, -0.15) is 0 Å². The molecule has 0 aromatic rings. The molecule has 0 aliphatic heterocycles. The summed E-state index contributed by atoms with van der Waals surface area (Å²) in [4.78, 5) is 0. The highest BCUT2D eigenvalue weighted by atomic mass is 16.6. The molecule has 0 aromatic heterocycles. The molecule has 0 bridgehead atoms. The number of hydrogen-bond acceptors (Lipinski definition) is 4. The van der Waals surface area contributed by atoms with Gasteiger partial charge in [0.25, 0.3) is 0 Å². The summed E-state index contributed by atoms with van der Waals surface area (Å²) in [5.41, 5.74) is 0. The van der Waals surface area contributed by atoms with Gasteiger partial charge in [-0.05, 0) is 31.7 Å².